The lowest BCUT2D eigenvalue weighted by Gasteiger charge is -2.00. The average molecular weight is 220 g/mol. The lowest BCUT2D eigenvalue weighted by molar-refractivity contribution is -0.384. The summed E-state index contributed by atoms with van der Waals surface area (Å²) in [6.07, 6.45) is 0.501. The monoisotopic (exact) mass is 219 g/mol. The van der Waals surface area contributed by atoms with Gasteiger partial charge in [-0.25, -0.2) is 0 Å². The second-order valence-electron chi connectivity index (χ2n) is 2.52. The molecule has 1 aromatic carbocycles. The number of halogens is 2. The van der Waals surface area contributed by atoms with Crippen LogP contribution in [0.25, 0.3) is 0 Å². The van der Waals surface area contributed by atoms with Crippen molar-refractivity contribution in [2.24, 2.45) is 0 Å². The van der Waals surface area contributed by atoms with Crippen LogP contribution in [0.2, 0.25) is 0 Å². The molecule has 1 rings (SSSR count). The summed E-state index contributed by atoms with van der Waals surface area (Å²) in [6, 6.07) is 6.17. The van der Waals surface area contributed by atoms with Gasteiger partial charge in [-0.3, -0.25) is 10.1 Å². The number of hydrogen-bond acceptors (Lipinski definition) is 2. The van der Waals surface area contributed by atoms with Crippen LogP contribution in [0.3, 0.4) is 0 Å². The summed E-state index contributed by atoms with van der Waals surface area (Å²) in [7, 11) is 0. The van der Waals surface area contributed by atoms with Crippen LogP contribution in [-0.4, -0.2) is 9.76 Å². The lowest BCUT2D eigenvalue weighted by Crippen LogP contribution is -1.94. The van der Waals surface area contributed by atoms with Crippen molar-refractivity contribution in [1.29, 1.82) is 0 Å². The number of alkyl halides is 2. The molecule has 0 aliphatic heterocycles. The molecule has 0 saturated carbocycles. The number of benzene rings is 1. The first-order valence-corrected chi connectivity index (χ1v) is 4.48. The molecule has 5 heteroatoms. The van der Waals surface area contributed by atoms with E-state index in [9.17, 15) is 10.1 Å². The van der Waals surface area contributed by atoms with Crippen LogP contribution in [0.15, 0.2) is 24.3 Å². The maximum absolute atomic E-state index is 10.3. The quantitative estimate of drug-likeness (QED) is 0.446. The summed E-state index contributed by atoms with van der Waals surface area (Å²) >= 11 is 11.1. The second kappa shape index (κ2) is 4.44. The first-order chi connectivity index (χ1) is 6.09. The van der Waals surface area contributed by atoms with Gasteiger partial charge in [0.2, 0.25) is 0 Å². The number of nitrogens with zero attached hydrogens (tertiary/aromatic N) is 1. The molecule has 0 aliphatic carbocycles. The molecule has 0 unspecified atom stereocenters. The van der Waals surface area contributed by atoms with Crippen molar-refractivity contribution in [1.82, 2.24) is 0 Å². The maximum Gasteiger partial charge on any atom is 0.269 e. The van der Waals surface area contributed by atoms with E-state index in [0.29, 0.717) is 6.42 Å². The fraction of sp³-hybridized carbons (Fsp3) is 0.250. The highest BCUT2D eigenvalue weighted by Gasteiger charge is 2.05. The number of hydrogen-bond donors (Lipinski definition) is 0. The Balaban J connectivity index is 2.75. The zero-order chi connectivity index (χ0) is 9.84. The SMILES string of the molecule is O=[N+]([O-])c1ccc(CC(Cl)Cl)cc1. The van der Waals surface area contributed by atoms with Crippen molar-refractivity contribution in [2.45, 2.75) is 11.3 Å². The van der Waals surface area contributed by atoms with Crippen LogP contribution in [0.4, 0.5) is 5.69 Å². The highest BCUT2D eigenvalue weighted by molar-refractivity contribution is 6.44. The summed E-state index contributed by atoms with van der Waals surface area (Å²) in [4.78, 5) is 9.38. The van der Waals surface area contributed by atoms with E-state index >= 15 is 0 Å². The third-order valence-electron chi connectivity index (χ3n) is 1.54. The Bertz CT molecular complexity index is 298. The van der Waals surface area contributed by atoms with Gasteiger partial charge in [0.05, 0.1) is 4.92 Å². The molecule has 0 bridgehead atoms. The molecule has 0 aliphatic rings. The molecule has 0 atom stereocenters. The Morgan fingerprint density at radius 3 is 2.23 bits per heavy atom. The summed E-state index contributed by atoms with van der Waals surface area (Å²) in [5.41, 5.74) is 0.963. The second-order valence-corrected chi connectivity index (χ2v) is 3.80. The third kappa shape index (κ3) is 3.20. The highest BCUT2D eigenvalue weighted by Crippen LogP contribution is 2.15. The molecule has 0 N–H and O–H groups in total. The summed E-state index contributed by atoms with van der Waals surface area (Å²) in [6.45, 7) is 0. The van der Waals surface area contributed by atoms with Crippen LogP contribution in [0.5, 0.6) is 0 Å². The van der Waals surface area contributed by atoms with E-state index in [2.05, 4.69) is 0 Å². The van der Waals surface area contributed by atoms with Crippen LogP contribution in [-0.2, 0) is 6.42 Å². The van der Waals surface area contributed by atoms with Gasteiger partial charge in [-0.2, -0.15) is 0 Å². The standard InChI is InChI=1S/C8H7Cl2NO2/c9-8(10)5-6-1-3-7(4-2-6)11(12)13/h1-4,8H,5H2. The first-order valence-electron chi connectivity index (χ1n) is 3.61. The largest absolute Gasteiger partial charge is 0.269 e. The van der Waals surface area contributed by atoms with E-state index < -0.39 is 9.76 Å². The molecule has 0 heterocycles. The Morgan fingerprint density at radius 1 is 1.31 bits per heavy atom. The highest BCUT2D eigenvalue weighted by atomic mass is 35.5. The predicted octanol–water partition coefficient (Wildman–Crippen LogP) is 2.94. The van der Waals surface area contributed by atoms with Gasteiger partial charge < -0.3 is 0 Å². The maximum atomic E-state index is 10.3. The minimum absolute atomic E-state index is 0.0736. The van der Waals surface area contributed by atoms with E-state index in [-0.39, 0.29) is 5.69 Å². The van der Waals surface area contributed by atoms with Crippen molar-refractivity contribution >= 4 is 28.9 Å². The van der Waals surface area contributed by atoms with Crippen LogP contribution in [0, 0.1) is 10.1 Å². The molecular weight excluding hydrogens is 213 g/mol. The molecule has 0 amide bonds. The van der Waals surface area contributed by atoms with E-state index in [1.807, 2.05) is 0 Å². The Morgan fingerprint density at radius 2 is 1.85 bits per heavy atom. The van der Waals surface area contributed by atoms with Crippen molar-refractivity contribution in [2.75, 3.05) is 0 Å². The van der Waals surface area contributed by atoms with Crippen LogP contribution in [0.1, 0.15) is 5.56 Å². The zero-order valence-electron chi connectivity index (χ0n) is 6.61. The molecule has 0 aromatic heterocycles. The normalized spacial score (nSPS) is 10.4. The van der Waals surface area contributed by atoms with Gasteiger partial charge in [-0.1, -0.05) is 12.1 Å². The van der Waals surface area contributed by atoms with Gasteiger partial charge in [-0.15, -0.1) is 23.2 Å². The van der Waals surface area contributed by atoms with Crippen molar-refractivity contribution < 1.29 is 4.92 Å². The number of rotatable bonds is 3. The van der Waals surface area contributed by atoms with Gasteiger partial charge in [0, 0.05) is 18.6 Å². The lowest BCUT2D eigenvalue weighted by atomic mass is 10.1. The number of nitro groups is 1. The summed E-state index contributed by atoms with van der Waals surface area (Å²) in [5, 5.41) is 10.3. The van der Waals surface area contributed by atoms with Gasteiger partial charge in [0.15, 0.2) is 0 Å². The molecule has 13 heavy (non-hydrogen) atoms. The molecule has 0 radical (unpaired) electrons. The molecule has 70 valence electrons. The fourth-order valence-corrected chi connectivity index (χ4v) is 1.29. The minimum Gasteiger partial charge on any atom is -0.258 e. The van der Waals surface area contributed by atoms with Gasteiger partial charge in [0.1, 0.15) is 4.84 Å². The van der Waals surface area contributed by atoms with E-state index in [1.54, 1.807) is 12.1 Å². The van der Waals surface area contributed by atoms with E-state index in [0.717, 1.165) is 5.56 Å². The Labute approximate surface area is 85.4 Å². The zero-order valence-corrected chi connectivity index (χ0v) is 8.13. The molecule has 0 spiro atoms. The van der Waals surface area contributed by atoms with Crippen molar-refractivity contribution in [3.05, 3.63) is 39.9 Å². The van der Waals surface area contributed by atoms with Crippen molar-refractivity contribution in [3.8, 4) is 0 Å². The average Bonchev–Trinajstić information content (AvgIpc) is 2.04. The molecule has 3 nitrogen and oxygen atoms in total. The molecule has 0 saturated heterocycles. The predicted molar refractivity (Wildman–Crippen MR) is 52.3 cm³/mol. The summed E-state index contributed by atoms with van der Waals surface area (Å²) in [5.74, 6) is 0. The fourth-order valence-electron chi connectivity index (χ4n) is 0.932. The van der Waals surface area contributed by atoms with Gasteiger partial charge in [-0.05, 0) is 5.56 Å². The first kappa shape index (κ1) is 10.3. The number of non-ortho nitro benzene ring substituents is 1. The minimum atomic E-state index is -0.471. The number of nitro benzene ring substituents is 1. The third-order valence-corrected chi connectivity index (χ3v) is 1.85. The van der Waals surface area contributed by atoms with E-state index in [1.165, 1.54) is 12.1 Å². The molecular formula is C8H7Cl2NO2. The van der Waals surface area contributed by atoms with Gasteiger partial charge >= 0.3 is 0 Å². The van der Waals surface area contributed by atoms with E-state index in [4.69, 9.17) is 23.2 Å². The molecule has 0 fully saturated rings. The van der Waals surface area contributed by atoms with Crippen molar-refractivity contribution in [3.63, 3.8) is 0 Å². The summed E-state index contributed by atoms with van der Waals surface area (Å²) < 4.78 is 0. The topological polar surface area (TPSA) is 43.1 Å². The van der Waals surface area contributed by atoms with Crippen LogP contribution >= 0.6 is 23.2 Å². The molecule has 1 aromatic rings. The van der Waals surface area contributed by atoms with Crippen LogP contribution < -0.4 is 0 Å². The van der Waals surface area contributed by atoms with Gasteiger partial charge in [0.25, 0.3) is 5.69 Å². The Kier molecular flexibility index (Phi) is 3.51. The Hall–Kier alpha value is -0.800. The smallest absolute Gasteiger partial charge is 0.258 e.